The van der Waals surface area contributed by atoms with Crippen LogP contribution in [0.5, 0.6) is 0 Å². The number of likely N-dealkylation sites (tertiary alicyclic amines) is 1. The number of nitrogens with one attached hydrogen (secondary N) is 2. The van der Waals surface area contributed by atoms with E-state index in [1.165, 1.54) is 0 Å². The number of carbonyl (C=O) groups is 1. The van der Waals surface area contributed by atoms with Gasteiger partial charge in [-0.05, 0) is 121 Å². The number of hydrogen-bond acceptors (Lipinski definition) is 4. The quantitative estimate of drug-likeness (QED) is 0.693. The Kier molecular flexibility index (Phi) is 6.48. The van der Waals surface area contributed by atoms with Gasteiger partial charge in [-0.2, -0.15) is 0 Å². The Bertz CT molecular complexity index is 900. The average Bonchev–Trinajstić information content (AvgIpc) is 2.76. The Labute approximate surface area is 187 Å². The molecule has 2 bridgehead atoms. The number of aryl methyl sites for hydroxylation is 1. The van der Waals surface area contributed by atoms with Crippen LogP contribution in [0.2, 0.25) is 0 Å². The molecular weight excluding hydrogens is 410 g/mol. The van der Waals surface area contributed by atoms with Crippen molar-refractivity contribution < 1.29 is 13.2 Å². The zero-order chi connectivity index (χ0) is 22.2. The van der Waals surface area contributed by atoms with Gasteiger partial charge >= 0.3 is 0 Å². The highest BCUT2D eigenvalue weighted by Gasteiger charge is 2.45. The van der Waals surface area contributed by atoms with Crippen LogP contribution in [0.15, 0.2) is 23.1 Å². The lowest BCUT2D eigenvalue weighted by Crippen LogP contribution is -2.43. The third-order valence-corrected chi connectivity index (χ3v) is 9.70. The molecule has 1 saturated heterocycles. The van der Waals surface area contributed by atoms with E-state index in [0.717, 1.165) is 81.6 Å². The predicted octanol–water partition coefficient (Wildman–Crippen LogP) is 3.91. The summed E-state index contributed by atoms with van der Waals surface area (Å²) < 4.78 is 28.8. The second-order valence-electron chi connectivity index (χ2n) is 10.2. The fraction of sp³-hybridized carbons (Fsp3) is 0.708. The largest absolute Gasteiger partial charge is 0.325 e. The van der Waals surface area contributed by atoms with E-state index in [2.05, 4.69) is 22.0 Å². The fourth-order valence-corrected chi connectivity index (χ4v) is 7.12. The van der Waals surface area contributed by atoms with Gasteiger partial charge in [0.05, 0.1) is 4.90 Å². The van der Waals surface area contributed by atoms with Gasteiger partial charge in [0.2, 0.25) is 15.9 Å². The predicted molar refractivity (Wildman–Crippen MR) is 123 cm³/mol. The van der Waals surface area contributed by atoms with Gasteiger partial charge in [-0.15, -0.1) is 0 Å². The van der Waals surface area contributed by atoms with E-state index in [1.54, 1.807) is 18.2 Å². The summed E-state index contributed by atoms with van der Waals surface area (Å²) in [5.74, 6) is 1.28. The summed E-state index contributed by atoms with van der Waals surface area (Å²) in [6.45, 7) is 5.84. The van der Waals surface area contributed by atoms with Crippen LogP contribution in [0.25, 0.3) is 0 Å². The summed E-state index contributed by atoms with van der Waals surface area (Å²) in [6.07, 6.45) is 8.43. The number of nitrogens with zero attached hydrogens (tertiary/aromatic N) is 1. The summed E-state index contributed by atoms with van der Waals surface area (Å²) in [5, 5.41) is 3.11. The number of carbonyl (C=O) groups excluding carboxylic acids is 1. The number of anilines is 1. The van der Waals surface area contributed by atoms with E-state index >= 15 is 0 Å². The zero-order valence-electron chi connectivity index (χ0n) is 19.1. The Balaban J connectivity index is 1.42. The Morgan fingerprint density at radius 2 is 1.71 bits per heavy atom. The highest BCUT2D eigenvalue weighted by Crippen LogP contribution is 2.50. The highest BCUT2D eigenvalue weighted by atomic mass is 32.2. The van der Waals surface area contributed by atoms with Crippen LogP contribution in [0.1, 0.15) is 63.9 Å². The van der Waals surface area contributed by atoms with Crippen LogP contribution in [-0.2, 0) is 14.8 Å². The van der Waals surface area contributed by atoms with Crippen molar-refractivity contribution in [1.29, 1.82) is 0 Å². The molecule has 4 aliphatic rings. The topological polar surface area (TPSA) is 78.5 Å². The Hall–Kier alpha value is -1.44. The number of hydrogen-bond donors (Lipinski definition) is 2. The van der Waals surface area contributed by atoms with E-state index in [9.17, 15) is 13.2 Å². The summed E-state index contributed by atoms with van der Waals surface area (Å²) in [5.41, 5.74) is 1.27. The summed E-state index contributed by atoms with van der Waals surface area (Å²) >= 11 is 0. The monoisotopic (exact) mass is 447 g/mol. The third-order valence-electron chi connectivity index (χ3n) is 8.14. The second kappa shape index (κ2) is 8.83. The number of benzene rings is 1. The molecule has 0 radical (unpaired) electrons. The van der Waals surface area contributed by atoms with E-state index in [0.29, 0.717) is 5.92 Å². The third kappa shape index (κ3) is 4.83. The highest BCUT2D eigenvalue weighted by molar-refractivity contribution is 7.89. The Morgan fingerprint density at radius 3 is 2.29 bits per heavy atom. The molecule has 1 aliphatic heterocycles. The molecule has 0 spiro atoms. The molecule has 3 aliphatic carbocycles. The lowest BCUT2D eigenvalue weighted by molar-refractivity contribution is -0.131. The molecule has 1 atom stereocenters. The fourth-order valence-electron chi connectivity index (χ4n) is 5.73. The number of sulfonamides is 1. The number of fused-ring (bicyclic) bond motifs is 3. The van der Waals surface area contributed by atoms with Crippen molar-refractivity contribution >= 4 is 21.6 Å². The van der Waals surface area contributed by atoms with Crippen LogP contribution in [0.4, 0.5) is 5.69 Å². The molecule has 7 heteroatoms. The second-order valence-corrected chi connectivity index (χ2v) is 12.0. The normalized spacial score (nSPS) is 28.4. The van der Waals surface area contributed by atoms with Crippen molar-refractivity contribution in [1.82, 2.24) is 9.62 Å². The van der Waals surface area contributed by atoms with Crippen molar-refractivity contribution in [3.63, 3.8) is 0 Å². The van der Waals surface area contributed by atoms with Gasteiger partial charge in [-0.3, -0.25) is 4.79 Å². The van der Waals surface area contributed by atoms with Crippen molar-refractivity contribution in [2.75, 3.05) is 25.5 Å². The Morgan fingerprint density at radius 1 is 1.10 bits per heavy atom. The van der Waals surface area contributed by atoms with Crippen LogP contribution >= 0.6 is 0 Å². The summed E-state index contributed by atoms with van der Waals surface area (Å²) in [7, 11) is -1.49. The van der Waals surface area contributed by atoms with Gasteiger partial charge < -0.3 is 10.2 Å². The van der Waals surface area contributed by atoms with Crippen molar-refractivity contribution in [2.45, 2.75) is 76.2 Å². The number of rotatable bonds is 6. The van der Waals surface area contributed by atoms with Gasteiger partial charge in [-0.1, -0.05) is 0 Å². The molecule has 4 fully saturated rings. The average molecular weight is 448 g/mol. The molecule has 0 aromatic heterocycles. The summed E-state index contributed by atoms with van der Waals surface area (Å²) in [4.78, 5) is 15.6. The van der Waals surface area contributed by atoms with Crippen molar-refractivity contribution in [3.8, 4) is 0 Å². The number of amides is 1. The van der Waals surface area contributed by atoms with Crippen LogP contribution in [-0.4, -0.2) is 45.4 Å². The molecule has 5 rings (SSSR count). The van der Waals surface area contributed by atoms with Gasteiger partial charge in [0.1, 0.15) is 0 Å². The number of piperidine rings is 1. The van der Waals surface area contributed by atoms with E-state index in [-0.39, 0.29) is 22.3 Å². The van der Waals surface area contributed by atoms with Gasteiger partial charge in [0, 0.05) is 17.1 Å². The van der Waals surface area contributed by atoms with E-state index in [1.807, 2.05) is 13.8 Å². The molecule has 1 heterocycles. The van der Waals surface area contributed by atoms with Crippen LogP contribution in [0.3, 0.4) is 0 Å². The van der Waals surface area contributed by atoms with E-state index in [4.69, 9.17) is 0 Å². The van der Waals surface area contributed by atoms with Gasteiger partial charge in [0.15, 0.2) is 0 Å². The first-order valence-electron chi connectivity index (χ1n) is 11.8. The molecule has 172 valence electrons. The minimum Gasteiger partial charge on any atom is -0.325 e. The summed E-state index contributed by atoms with van der Waals surface area (Å²) in [6, 6.07) is 4.93. The molecule has 31 heavy (non-hydrogen) atoms. The lowest BCUT2D eigenvalue weighted by atomic mass is 9.60. The molecule has 1 aromatic carbocycles. The maximum atomic E-state index is 13.1. The maximum Gasteiger partial charge on any atom is 0.240 e. The minimum absolute atomic E-state index is 0.0982. The maximum absolute atomic E-state index is 13.1. The molecule has 1 amide bonds. The van der Waals surface area contributed by atoms with Gasteiger partial charge in [0.25, 0.3) is 0 Å². The van der Waals surface area contributed by atoms with Crippen molar-refractivity contribution in [3.05, 3.63) is 23.8 Å². The smallest absolute Gasteiger partial charge is 0.240 e. The van der Waals surface area contributed by atoms with Crippen LogP contribution < -0.4 is 10.0 Å². The molecular formula is C24H37N3O3S. The molecule has 3 saturated carbocycles. The first-order valence-corrected chi connectivity index (χ1v) is 13.3. The first kappa shape index (κ1) is 22.7. The first-order chi connectivity index (χ1) is 14.7. The SMILES string of the molecule is Cc1cc(S(=O)(=O)NC(C)C2CCN(C)CC2)ccc1NC(=O)C12CCC(CC1)CC2. The molecule has 1 unspecified atom stereocenters. The molecule has 1 aromatic rings. The van der Waals surface area contributed by atoms with Gasteiger partial charge in [-0.25, -0.2) is 13.1 Å². The van der Waals surface area contributed by atoms with Crippen molar-refractivity contribution in [2.24, 2.45) is 17.3 Å². The molecule has 6 nitrogen and oxygen atoms in total. The molecule has 2 N–H and O–H groups in total. The van der Waals surface area contributed by atoms with Crippen LogP contribution in [0, 0.1) is 24.2 Å². The minimum atomic E-state index is -3.60. The van der Waals surface area contributed by atoms with E-state index < -0.39 is 10.0 Å². The zero-order valence-corrected chi connectivity index (χ0v) is 19.9. The standard InChI is InChI=1S/C24H37N3O3S/c1-17-16-21(31(29,30)26-18(2)20-9-14-27(3)15-10-20)4-5-22(17)25-23(28)24-11-6-19(7-12-24)8-13-24/h4-5,16,18-20,26H,6-15H2,1-3H3,(H,25,28). The lowest BCUT2D eigenvalue weighted by Gasteiger charge is -2.45.